The number of nitrogens with zero attached hydrogens (tertiary/aromatic N) is 1. The SMILES string of the molecule is Nc1cccc(C(=O)Nc2ccccn2)c1. The summed E-state index contributed by atoms with van der Waals surface area (Å²) in [5.41, 5.74) is 6.68. The molecule has 4 heteroatoms. The Morgan fingerprint density at radius 1 is 1.19 bits per heavy atom. The second kappa shape index (κ2) is 4.44. The molecule has 2 rings (SSSR count). The van der Waals surface area contributed by atoms with Gasteiger partial charge in [0.25, 0.3) is 5.91 Å². The van der Waals surface area contributed by atoms with Gasteiger partial charge in [0.2, 0.25) is 0 Å². The predicted octanol–water partition coefficient (Wildman–Crippen LogP) is 1.92. The van der Waals surface area contributed by atoms with Crippen LogP contribution in [0, 0.1) is 0 Å². The first-order valence-corrected chi connectivity index (χ1v) is 4.83. The van der Waals surface area contributed by atoms with Crippen LogP contribution in [0.4, 0.5) is 11.5 Å². The molecule has 1 aromatic carbocycles. The Kier molecular flexibility index (Phi) is 2.82. The van der Waals surface area contributed by atoms with E-state index < -0.39 is 0 Å². The highest BCUT2D eigenvalue weighted by Gasteiger charge is 2.05. The molecule has 0 atom stereocenters. The fourth-order valence-electron chi connectivity index (χ4n) is 1.31. The number of hydrogen-bond donors (Lipinski definition) is 2. The number of pyridine rings is 1. The summed E-state index contributed by atoms with van der Waals surface area (Å²) in [5.74, 6) is 0.306. The Hall–Kier alpha value is -2.36. The van der Waals surface area contributed by atoms with Gasteiger partial charge in [-0.2, -0.15) is 0 Å². The average molecular weight is 213 g/mol. The van der Waals surface area contributed by atoms with Gasteiger partial charge in [-0.3, -0.25) is 4.79 Å². The molecular weight excluding hydrogens is 202 g/mol. The van der Waals surface area contributed by atoms with Gasteiger partial charge in [-0.25, -0.2) is 4.98 Å². The zero-order valence-electron chi connectivity index (χ0n) is 8.55. The summed E-state index contributed by atoms with van der Waals surface area (Å²) in [4.78, 5) is 15.8. The molecule has 0 saturated heterocycles. The lowest BCUT2D eigenvalue weighted by Crippen LogP contribution is -2.12. The van der Waals surface area contributed by atoms with Crippen molar-refractivity contribution < 1.29 is 4.79 Å². The first kappa shape index (κ1) is 10.2. The molecular formula is C12H11N3O. The Morgan fingerprint density at radius 2 is 2.06 bits per heavy atom. The first-order chi connectivity index (χ1) is 7.75. The lowest BCUT2D eigenvalue weighted by molar-refractivity contribution is 0.102. The Bertz CT molecular complexity index is 497. The van der Waals surface area contributed by atoms with Crippen LogP contribution in [0.1, 0.15) is 10.4 Å². The second-order valence-corrected chi connectivity index (χ2v) is 3.29. The zero-order valence-corrected chi connectivity index (χ0v) is 8.55. The molecule has 2 aromatic rings. The molecule has 0 radical (unpaired) electrons. The molecule has 0 aliphatic heterocycles. The van der Waals surface area contributed by atoms with Crippen LogP contribution in [-0.2, 0) is 0 Å². The lowest BCUT2D eigenvalue weighted by Gasteiger charge is -2.04. The van der Waals surface area contributed by atoms with Gasteiger partial charge in [0.05, 0.1) is 0 Å². The van der Waals surface area contributed by atoms with Gasteiger partial charge in [0, 0.05) is 17.4 Å². The van der Waals surface area contributed by atoms with E-state index in [1.54, 1.807) is 42.6 Å². The molecule has 0 aliphatic rings. The molecule has 1 aromatic heterocycles. The molecule has 0 saturated carbocycles. The summed E-state index contributed by atoms with van der Waals surface area (Å²) < 4.78 is 0. The van der Waals surface area contributed by atoms with E-state index in [0.29, 0.717) is 17.1 Å². The number of carbonyl (C=O) groups excluding carboxylic acids is 1. The number of anilines is 2. The number of carbonyl (C=O) groups is 1. The van der Waals surface area contributed by atoms with Crippen molar-refractivity contribution in [1.29, 1.82) is 0 Å². The topological polar surface area (TPSA) is 68.0 Å². The van der Waals surface area contributed by atoms with E-state index in [1.165, 1.54) is 0 Å². The number of hydrogen-bond acceptors (Lipinski definition) is 3. The minimum atomic E-state index is -0.217. The third-order valence-electron chi connectivity index (χ3n) is 2.06. The van der Waals surface area contributed by atoms with E-state index in [2.05, 4.69) is 10.3 Å². The standard InChI is InChI=1S/C12H11N3O/c13-10-5-3-4-9(8-10)12(16)15-11-6-1-2-7-14-11/h1-8H,13H2,(H,14,15,16). The van der Waals surface area contributed by atoms with Crippen molar-refractivity contribution in [2.45, 2.75) is 0 Å². The van der Waals surface area contributed by atoms with Gasteiger partial charge in [-0.15, -0.1) is 0 Å². The van der Waals surface area contributed by atoms with Crippen LogP contribution in [0.2, 0.25) is 0 Å². The number of nitrogens with one attached hydrogen (secondary N) is 1. The molecule has 1 amide bonds. The molecule has 0 aliphatic carbocycles. The fraction of sp³-hybridized carbons (Fsp3) is 0. The maximum absolute atomic E-state index is 11.8. The summed E-state index contributed by atoms with van der Waals surface area (Å²) in [6.45, 7) is 0. The van der Waals surface area contributed by atoms with Crippen LogP contribution >= 0.6 is 0 Å². The van der Waals surface area contributed by atoms with E-state index in [-0.39, 0.29) is 5.91 Å². The van der Waals surface area contributed by atoms with E-state index in [9.17, 15) is 4.79 Å². The van der Waals surface area contributed by atoms with Gasteiger partial charge in [0.15, 0.2) is 0 Å². The summed E-state index contributed by atoms with van der Waals surface area (Å²) in [5, 5.41) is 2.68. The maximum Gasteiger partial charge on any atom is 0.256 e. The summed E-state index contributed by atoms with van der Waals surface area (Å²) in [7, 11) is 0. The minimum absolute atomic E-state index is 0.217. The minimum Gasteiger partial charge on any atom is -0.399 e. The highest BCUT2D eigenvalue weighted by atomic mass is 16.1. The van der Waals surface area contributed by atoms with Crippen molar-refractivity contribution in [3.8, 4) is 0 Å². The highest BCUT2D eigenvalue weighted by Crippen LogP contribution is 2.09. The van der Waals surface area contributed by atoms with Crippen LogP contribution in [0.15, 0.2) is 48.7 Å². The van der Waals surface area contributed by atoms with Crippen LogP contribution in [-0.4, -0.2) is 10.9 Å². The highest BCUT2D eigenvalue weighted by molar-refractivity contribution is 6.04. The number of amides is 1. The second-order valence-electron chi connectivity index (χ2n) is 3.29. The summed E-state index contributed by atoms with van der Waals surface area (Å²) >= 11 is 0. The monoisotopic (exact) mass is 213 g/mol. The van der Waals surface area contributed by atoms with E-state index in [1.807, 2.05) is 6.07 Å². The molecule has 4 nitrogen and oxygen atoms in total. The maximum atomic E-state index is 11.8. The predicted molar refractivity (Wildman–Crippen MR) is 63.0 cm³/mol. The van der Waals surface area contributed by atoms with Gasteiger partial charge < -0.3 is 11.1 Å². The molecule has 0 spiro atoms. The average Bonchev–Trinajstić information content (AvgIpc) is 2.30. The van der Waals surface area contributed by atoms with Crippen LogP contribution in [0.5, 0.6) is 0 Å². The lowest BCUT2D eigenvalue weighted by atomic mass is 10.2. The number of benzene rings is 1. The normalized spacial score (nSPS) is 9.75. The molecule has 0 fully saturated rings. The van der Waals surface area contributed by atoms with Crippen molar-refractivity contribution in [3.05, 3.63) is 54.2 Å². The van der Waals surface area contributed by atoms with Crippen LogP contribution in [0.25, 0.3) is 0 Å². The third kappa shape index (κ3) is 2.36. The van der Waals surface area contributed by atoms with Gasteiger partial charge in [-0.05, 0) is 30.3 Å². The molecule has 1 heterocycles. The fourth-order valence-corrected chi connectivity index (χ4v) is 1.31. The summed E-state index contributed by atoms with van der Waals surface area (Å²) in [6.07, 6.45) is 1.62. The molecule has 0 unspecified atom stereocenters. The van der Waals surface area contributed by atoms with Crippen molar-refractivity contribution in [2.75, 3.05) is 11.1 Å². The number of nitrogen functional groups attached to an aromatic ring is 1. The van der Waals surface area contributed by atoms with E-state index in [4.69, 9.17) is 5.73 Å². The van der Waals surface area contributed by atoms with Crippen molar-refractivity contribution in [3.63, 3.8) is 0 Å². The summed E-state index contributed by atoms with van der Waals surface area (Å²) in [6, 6.07) is 12.1. The van der Waals surface area contributed by atoms with Gasteiger partial charge in [-0.1, -0.05) is 12.1 Å². The Balaban J connectivity index is 2.15. The molecule has 3 N–H and O–H groups in total. The Labute approximate surface area is 93.1 Å². The third-order valence-corrected chi connectivity index (χ3v) is 2.06. The van der Waals surface area contributed by atoms with Crippen molar-refractivity contribution >= 4 is 17.4 Å². The molecule has 0 bridgehead atoms. The van der Waals surface area contributed by atoms with E-state index in [0.717, 1.165) is 0 Å². The number of rotatable bonds is 2. The molecule has 80 valence electrons. The van der Waals surface area contributed by atoms with Crippen LogP contribution in [0.3, 0.4) is 0 Å². The first-order valence-electron chi connectivity index (χ1n) is 4.83. The number of aromatic nitrogens is 1. The molecule has 16 heavy (non-hydrogen) atoms. The van der Waals surface area contributed by atoms with Gasteiger partial charge >= 0.3 is 0 Å². The van der Waals surface area contributed by atoms with Crippen molar-refractivity contribution in [2.24, 2.45) is 0 Å². The quantitative estimate of drug-likeness (QED) is 0.749. The number of nitrogens with two attached hydrogens (primary N) is 1. The smallest absolute Gasteiger partial charge is 0.256 e. The van der Waals surface area contributed by atoms with E-state index >= 15 is 0 Å². The van der Waals surface area contributed by atoms with Gasteiger partial charge in [0.1, 0.15) is 5.82 Å². The Morgan fingerprint density at radius 3 is 2.75 bits per heavy atom. The van der Waals surface area contributed by atoms with Crippen molar-refractivity contribution in [1.82, 2.24) is 4.98 Å². The largest absolute Gasteiger partial charge is 0.399 e. The zero-order chi connectivity index (χ0) is 11.4. The van der Waals surface area contributed by atoms with Crippen LogP contribution < -0.4 is 11.1 Å².